The number of hydrogen-bond acceptors (Lipinski definition) is 5. The molecule has 0 fully saturated rings. The Morgan fingerprint density at radius 3 is 2.71 bits per heavy atom. The van der Waals surface area contributed by atoms with Crippen molar-refractivity contribution in [1.82, 2.24) is 15.1 Å². The van der Waals surface area contributed by atoms with Gasteiger partial charge in [0.1, 0.15) is 5.76 Å². The van der Waals surface area contributed by atoms with Gasteiger partial charge in [0.25, 0.3) is 0 Å². The zero-order valence-corrected chi connectivity index (χ0v) is 13.1. The topological polar surface area (TPSA) is 55.3 Å². The number of rotatable bonds is 5. The maximum atomic E-state index is 5.72. The minimum Gasteiger partial charge on any atom is -0.468 e. The van der Waals surface area contributed by atoms with E-state index in [4.69, 9.17) is 8.83 Å². The lowest BCUT2D eigenvalue weighted by Gasteiger charge is -2.11. The van der Waals surface area contributed by atoms with Crippen LogP contribution in [0.25, 0.3) is 11.5 Å². The molecule has 0 aliphatic carbocycles. The number of furan rings is 1. The molecule has 0 saturated heterocycles. The number of benzene rings is 1. The van der Waals surface area contributed by atoms with Gasteiger partial charge in [-0.2, -0.15) is 0 Å². The summed E-state index contributed by atoms with van der Waals surface area (Å²) >= 11 is 3.48. The van der Waals surface area contributed by atoms with Crippen LogP contribution in [0.4, 0.5) is 0 Å². The van der Waals surface area contributed by atoms with E-state index in [1.54, 1.807) is 6.26 Å². The molecule has 5 nitrogen and oxygen atoms in total. The number of nitrogens with zero attached hydrogens (tertiary/aromatic N) is 3. The first-order valence-electron chi connectivity index (χ1n) is 6.50. The molecule has 2 heterocycles. The first-order chi connectivity index (χ1) is 10.2. The molecule has 1 aromatic carbocycles. The summed E-state index contributed by atoms with van der Waals surface area (Å²) in [6, 6.07) is 11.6. The van der Waals surface area contributed by atoms with Crippen molar-refractivity contribution in [3.05, 3.63) is 58.8 Å². The van der Waals surface area contributed by atoms with Crippen molar-refractivity contribution in [3.8, 4) is 11.5 Å². The normalized spacial score (nSPS) is 11.2. The Hall–Kier alpha value is -1.92. The van der Waals surface area contributed by atoms with Crippen LogP contribution in [0.5, 0.6) is 0 Å². The van der Waals surface area contributed by atoms with Crippen molar-refractivity contribution in [1.29, 1.82) is 0 Å². The van der Waals surface area contributed by atoms with Gasteiger partial charge in [-0.15, -0.1) is 10.2 Å². The highest BCUT2D eigenvalue weighted by Crippen LogP contribution is 2.26. The van der Waals surface area contributed by atoms with Gasteiger partial charge in [-0.3, -0.25) is 4.90 Å². The van der Waals surface area contributed by atoms with E-state index < -0.39 is 0 Å². The van der Waals surface area contributed by atoms with Gasteiger partial charge in [0.15, 0.2) is 0 Å². The van der Waals surface area contributed by atoms with Crippen molar-refractivity contribution in [2.75, 3.05) is 7.05 Å². The van der Waals surface area contributed by atoms with E-state index in [9.17, 15) is 0 Å². The van der Waals surface area contributed by atoms with Crippen LogP contribution in [-0.4, -0.2) is 22.1 Å². The van der Waals surface area contributed by atoms with Crippen LogP contribution in [0.15, 0.2) is 56.0 Å². The molecule has 0 N–H and O–H groups in total. The van der Waals surface area contributed by atoms with Crippen molar-refractivity contribution in [2.24, 2.45) is 0 Å². The molecule has 2 aromatic heterocycles. The van der Waals surface area contributed by atoms with E-state index in [1.807, 2.05) is 43.4 Å². The summed E-state index contributed by atoms with van der Waals surface area (Å²) in [4.78, 5) is 2.05. The van der Waals surface area contributed by atoms with Gasteiger partial charge in [0.05, 0.1) is 24.9 Å². The van der Waals surface area contributed by atoms with Gasteiger partial charge in [0, 0.05) is 4.47 Å². The predicted molar refractivity (Wildman–Crippen MR) is 81.3 cm³/mol. The van der Waals surface area contributed by atoms with Crippen LogP contribution in [0, 0.1) is 0 Å². The molecule has 3 aromatic rings. The van der Waals surface area contributed by atoms with Gasteiger partial charge < -0.3 is 8.83 Å². The first kappa shape index (κ1) is 14.0. The summed E-state index contributed by atoms with van der Waals surface area (Å²) in [6.45, 7) is 1.26. The smallest absolute Gasteiger partial charge is 0.248 e. The molecule has 0 aliphatic rings. The SMILES string of the molecule is CN(Cc1ccco1)Cc1nnc(-c2ccccc2Br)o1. The molecule has 0 saturated carbocycles. The standard InChI is InChI=1S/C15H14BrN3O2/c1-19(9-11-5-4-8-20-11)10-14-17-18-15(21-14)12-6-2-3-7-13(12)16/h2-8H,9-10H2,1H3. The Morgan fingerprint density at radius 1 is 1.10 bits per heavy atom. The van der Waals surface area contributed by atoms with Crippen molar-refractivity contribution in [2.45, 2.75) is 13.1 Å². The van der Waals surface area contributed by atoms with Crippen LogP contribution >= 0.6 is 15.9 Å². The van der Waals surface area contributed by atoms with Crippen LogP contribution in [-0.2, 0) is 13.1 Å². The highest BCUT2D eigenvalue weighted by Gasteiger charge is 2.13. The molecule has 0 aliphatic heterocycles. The molecule has 21 heavy (non-hydrogen) atoms. The maximum absolute atomic E-state index is 5.72. The molecule has 0 amide bonds. The molecule has 3 rings (SSSR count). The van der Waals surface area contributed by atoms with Gasteiger partial charge in [-0.1, -0.05) is 12.1 Å². The minimum atomic E-state index is 0.517. The monoisotopic (exact) mass is 347 g/mol. The van der Waals surface area contributed by atoms with Crippen LogP contribution in [0.3, 0.4) is 0 Å². The zero-order valence-electron chi connectivity index (χ0n) is 11.5. The van der Waals surface area contributed by atoms with E-state index in [-0.39, 0.29) is 0 Å². The van der Waals surface area contributed by atoms with Crippen molar-refractivity contribution >= 4 is 15.9 Å². The second-order valence-electron chi connectivity index (χ2n) is 4.73. The third-order valence-corrected chi connectivity index (χ3v) is 3.67. The summed E-state index contributed by atoms with van der Waals surface area (Å²) in [5.41, 5.74) is 0.893. The van der Waals surface area contributed by atoms with E-state index in [2.05, 4.69) is 31.0 Å². The summed E-state index contributed by atoms with van der Waals surface area (Å²) in [5.74, 6) is 2.00. The van der Waals surface area contributed by atoms with Crippen LogP contribution < -0.4 is 0 Å². The minimum absolute atomic E-state index is 0.517. The highest BCUT2D eigenvalue weighted by molar-refractivity contribution is 9.10. The van der Waals surface area contributed by atoms with E-state index in [0.29, 0.717) is 24.9 Å². The maximum Gasteiger partial charge on any atom is 0.248 e. The van der Waals surface area contributed by atoms with Gasteiger partial charge in [-0.05, 0) is 47.2 Å². The molecule has 0 radical (unpaired) electrons. The Labute approximate surface area is 130 Å². The Bertz CT molecular complexity index is 709. The van der Waals surface area contributed by atoms with Gasteiger partial charge >= 0.3 is 0 Å². The van der Waals surface area contributed by atoms with Crippen molar-refractivity contribution in [3.63, 3.8) is 0 Å². The third kappa shape index (κ3) is 3.40. The fraction of sp³-hybridized carbons (Fsp3) is 0.200. The summed E-state index contributed by atoms with van der Waals surface area (Å²) in [6.07, 6.45) is 1.67. The fourth-order valence-corrected chi connectivity index (χ4v) is 2.47. The number of aromatic nitrogens is 2. The fourth-order valence-electron chi connectivity index (χ4n) is 2.02. The second-order valence-corrected chi connectivity index (χ2v) is 5.59. The predicted octanol–water partition coefficient (Wildman–Crippen LogP) is 3.72. The van der Waals surface area contributed by atoms with Crippen LogP contribution in [0.1, 0.15) is 11.7 Å². The van der Waals surface area contributed by atoms with E-state index in [1.165, 1.54) is 0 Å². The third-order valence-electron chi connectivity index (χ3n) is 2.98. The molecule has 6 heteroatoms. The molecular weight excluding hydrogens is 334 g/mol. The molecule has 0 unspecified atom stereocenters. The Kier molecular flexibility index (Phi) is 4.17. The average Bonchev–Trinajstić information content (AvgIpc) is 3.11. The molecule has 108 valence electrons. The van der Waals surface area contributed by atoms with E-state index in [0.717, 1.165) is 15.8 Å². The van der Waals surface area contributed by atoms with Crippen LogP contribution in [0.2, 0.25) is 0 Å². The number of halogens is 1. The molecule has 0 bridgehead atoms. The average molecular weight is 348 g/mol. The van der Waals surface area contributed by atoms with Gasteiger partial charge in [0.2, 0.25) is 11.8 Å². The van der Waals surface area contributed by atoms with Crippen molar-refractivity contribution < 1.29 is 8.83 Å². The lowest BCUT2D eigenvalue weighted by atomic mass is 10.2. The Balaban J connectivity index is 1.69. The summed E-state index contributed by atoms with van der Waals surface area (Å²) < 4.78 is 12.0. The number of hydrogen-bond donors (Lipinski definition) is 0. The van der Waals surface area contributed by atoms with E-state index >= 15 is 0 Å². The lowest BCUT2D eigenvalue weighted by Crippen LogP contribution is -2.17. The Morgan fingerprint density at radius 2 is 1.95 bits per heavy atom. The quantitative estimate of drug-likeness (QED) is 0.703. The zero-order chi connectivity index (χ0) is 14.7. The largest absolute Gasteiger partial charge is 0.468 e. The molecule has 0 atom stereocenters. The lowest BCUT2D eigenvalue weighted by molar-refractivity contribution is 0.260. The molecule has 0 spiro atoms. The summed E-state index contributed by atoms with van der Waals surface area (Å²) in [5, 5.41) is 8.19. The van der Waals surface area contributed by atoms with Gasteiger partial charge in [-0.25, -0.2) is 0 Å². The summed E-state index contributed by atoms with van der Waals surface area (Å²) in [7, 11) is 1.98. The first-order valence-corrected chi connectivity index (χ1v) is 7.30. The second kappa shape index (κ2) is 6.24. The highest BCUT2D eigenvalue weighted by atomic mass is 79.9. The molecular formula is C15H14BrN3O2.